The third kappa shape index (κ3) is 4.53. The second kappa shape index (κ2) is 9.10. The van der Waals surface area contributed by atoms with Gasteiger partial charge in [0.2, 0.25) is 5.95 Å². The second-order valence-corrected chi connectivity index (χ2v) is 10.9. The van der Waals surface area contributed by atoms with Crippen LogP contribution in [0.25, 0.3) is 0 Å². The van der Waals surface area contributed by atoms with Crippen molar-refractivity contribution in [3.63, 3.8) is 0 Å². The Bertz CT molecular complexity index is 1010. The largest absolute Gasteiger partial charge is 0.381 e. The molecule has 2 aliphatic carbocycles. The molecule has 2 saturated carbocycles. The van der Waals surface area contributed by atoms with E-state index in [1.54, 1.807) is 7.11 Å². The summed E-state index contributed by atoms with van der Waals surface area (Å²) in [6.45, 7) is 7.84. The van der Waals surface area contributed by atoms with Gasteiger partial charge in [0.05, 0.1) is 24.5 Å². The van der Waals surface area contributed by atoms with Crippen molar-refractivity contribution in [2.24, 2.45) is 5.41 Å². The number of benzene rings is 1. The minimum atomic E-state index is 0.301. The SMILES string of the molecule is COC1CC(Nc2nc3c(c(N4CCOC(C5(C)CC5)C4)n2)CCN(Cc2ccccc2)C3)C1. The maximum Gasteiger partial charge on any atom is 0.225 e. The van der Waals surface area contributed by atoms with Crippen molar-refractivity contribution in [1.82, 2.24) is 14.9 Å². The molecule has 34 heavy (non-hydrogen) atoms. The lowest BCUT2D eigenvalue weighted by atomic mass is 9.89. The molecule has 7 nitrogen and oxygen atoms in total. The fourth-order valence-corrected chi connectivity index (χ4v) is 5.61. The van der Waals surface area contributed by atoms with Gasteiger partial charge in [0, 0.05) is 51.4 Å². The zero-order valence-electron chi connectivity index (χ0n) is 20.5. The van der Waals surface area contributed by atoms with Crippen LogP contribution in [-0.2, 0) is 29.0 Å². The number of methoxy groups -OCH3 is 1. The molecule has 1 saturated heterocycles. The number of aromatic nitrogens is 2. The van der Waals surface area contributed by atoms with Crippen LogP contribution >= 0.6 is 0 Å². The quantitative estimate of drug-likeness (QED) is 0.673. The summed E-state index contributed by atoms with van der Waals surface area (Å²) in [5.41, 5.74) is 4.21. The third-order valence-electron chi connectivity index (χ3n) is 8.31. The van der Waals surface area contributed by atoms with Crippen LogP contribution in [0.3, 0.4) is 0 Å². The molecule has 1 unspecified atom stereocenters. The summed E-state index contributed by atoms with van der Waals surface area (Å²) in [5.74, 6) is 1.91. The van der Waals surface area contributed by atoms with E-state index in [4.69, 9.17) is 19.4 Å². The Balaban J connectivity index is 1.25. The number of hydrogen-bond acceptors (Lipinski definition) is 7. The van der Waals surface area contributed by atoms with E-state index in [0.29, 0.717) is 23.7 Å². The molecule has 182 valence electrons. The van der Waals surface area contributed by atoms with Crippen LogP contribution < -0.4 is 10.2 Å². The number of morpholine rings is 1. The topological polar surface area (TPSA) is 62.8 Å². The highest BCUT2D eigenvalue weighted by atomic mass is 16.5. The number of rotatable bonds is 7. The molecule has 2 aliphatic heterocycles. The third-order valence-corrected chi connectivity index (χ3v) is 8.31. The summed E-state index contributed by atoms with van der Waals surface area (Å²) in [7, 11) is 1.80. The monoisotopic (exact) mass is 463 g/mol. The molecule has 3 fully saturated rings. The van der Waals surface area contributed by atoms with Crippen LogP contribution in [-0.4, -0.2) is 66.5 Å². The highest BCUT2D eigenvalue weighted by Crippen LogP contribution is 2.50. The van der Waals surface area contributed by atoms with Crippen molar-refractivity contribution in [3.05, 3.63) is 47.2 Å². The minimum Gasteiger partial charge on any atom is -0.381 e. The standard InChI is InChI=1S/C27H37N5O2/c1-27(9-10-27)24-18-32(12-13-34-24)25-22-8-11-31(16-19-6-4-3-5-7-19)17-23(22)29-26(30-25)28-20-14-21(15-20)33-2/h3-7,20-21,24H,8-18H2,1-2H3,(H,28,29,30). The van der Waals surface area contributed by atoms with Crippen molar-refractivity contribution in [3.8, 4) is 0 Å². The normalized spacial score (nSPS) is 28.2. The zero-order chi connectivity index (χ0) is 23.1. The summed E-state index contributed by atoms with van der Waals surface area (Å²) < 4.78 is 11.7. The van der Waals surface area contributed by atoms with Crippen molar-refractivity contribution in [1.29, 1.82) is 0 Å². The number of anilines is 2. The van der Waals surface area contributed by atoms with E-state index >= 15 is 0 Å². The lowest BCUT2D eigenvalue weighted by molar-refractivity contribution is -0.00299. The van der Waals surface area contributed by atoms with Crippen LogP contribution in [0.1, 0.15) is 49.4 Å². The van der Waals surface area contributed by atoms with Crippen LogP contribution in [0, 0.1) is 5.41 Å². The van der Waals surface area contributed by atoms with Gasteiger partial charge in [-0.2, -0.15) is 4.98 Å². The first-order chi connectivity index (χ1) is 16.6. The molecule has 4 aliphatic rings. The van der Waals surface area contributed by atoms with E-state index in [1.165, 1.54) is 29.7 Å². The van der Waals surface area contributed by atoms with Crippen molar-refractivity contribution in [2.75, 3.05) is 43.6 Å². The van der Waals surface area contributed by atoms with E-state index in [0.717, 1.165) is 70.4 Å². The van der Waals surface area contributed by atoms with E-state index in [9.17, 15) is 0 Å². The summed E-state index contributed by atoms with van der Waals surface area (Å²) >= 11 is 0. The van der Waals surface area contributed by atoms with Gasteiger partial charge in [-0.25, -0.2) is 4.98 Å². The molecule has 1 aromatic heterocycles. The number of fused-ring (bicyclic) bond motifs is 1. The Morgan fingerprint density at radius 3 is 2.74 bits per heavy atom. The van der Waals surface area contributed by atoms with Crippen molar-refractivity contribution < 1.29 is 9.47 Å². The Morgan fingerprint density at radius 2 is 1.97 bits per heavy atom. The predicted octanol–water partition coefficient (Wildman–Crippen LogP) is 3.63. The Kier molecular flexibility index (Phi) is 5.95. The molecule has 3 heterocycles. The van der Waals surface area contributed by atoms with Gasteiger partial charge >= 0.3 is 0 Å². The fourth-order valence-electron chi connectivity index (χ4n) is 5.61. The van der Waals surface area contributed by atoms with E-state index in [-0.39, 0.29) is 0 Å². The maximum absolute atomic E-state index is 6.21. The molecular formula is C27H37N5O2. The molecule has 0 spiro atoms. The predicted molar refractivity (Wildman–Crippen MR) is 133 cm³/mol. The van der Waals surface area contributed by atoms with Crippen LogP contribution in [0.15, 0.2) is 30.3 Å². The highest BCUT2D eigenvalue weighted by molar-refractivity contribution is 5.54. The van der Waals surface area contributed by atoms with Gasteiger partial charge < -0.3 is 19.7 Å². The summed E-state index contributed by atoms with van der Waals surface area (Å²) in [4.78, 5) is 15.2. The van der Waals surface area contributed by atoms with Crippen LogP contribution in [0.5, 0.6) is 0 Å². The molecule has 1 N–H and O–H groups in total. The zero-order valence-corrected chi connectivity index (χ0v) is 20.5. The number of hydrogen-bond donors (Lipinski definition) is 1. The van der Waals surface area contributed by atoms with Gasteiger partial charge in [-0.15, -0.1) is 0 Å². The van der Waals surface area contributed by atoms with Gasteiger partial charge in [-0.3, -0.25) is 4.90 Å². The molecule has 0 amide bonds. The molecule has 6 rings (SSSR count). The van der Waals surface area contributed by atoms with Gasteiger partial charge in [0.15, 0.2) is 0 Å². The van der Waals surface area contributed by atoms with Gasteiger partial charge in [0.1, 0.15) is 5.82 Å². The van der Waals surface area contributed by atoms with Gasteiger partial charge in [0.25, 0.3) is 0 Å². The van der Waals surface area contributed by atoms with Crippen LogP contribution in [0.2, 0.25) is 0 Å². The maximum atomic E-state index is 6.21. The lowest BCUT2D eigenvalue weighted by Crippen LogP contribution is -2.47. The van der Waals surface area contributed by atoms with E-state index in [1.807, 2.05) is 0 Å². The molecule has 1 atom stereocenters. The van der Waals surface area contributed by atoms with E-state index in [2.05, 4.69) is 52.4 Å². The number of nitrogens with zero attached hydrogens (tertiary/aromatic N) is 4. The molecule has 1 aromatic carbocycles. The van der Waals surface area contributed by atoms with Crippen molar-refractivity contribution >= 4 is 11.8 Å². The summed E-state index contributed by atoms with van der Waals surface area (Å²) in [6.07, 6.45) is 6.24. The first-order valence-electron chi connectivity index (χ1n) is 12.9. The molecule has 0 radical (unpaired) electrons. The Morgan fingerprint density at radius 1 is 1.15 bits per heavy atom. The summed E-state index contributed by atoms with van der Waals surface area (Å²) in [6, 6.07) is 11.1. The van der Waals surface area contributed by atoms with Crippen molar-refractivity contribution in [2.45, 2.75) is 70.4 Å². The fraction of sp³-hybridized carbons (Fsp3) is 0.630. The summed E-state index contributed by atoms with van der Waals surface area (Å²) in [5, 5.41) is 3.61. The smallest absolute Gasteiger partial charge is 0.225 e. The molecule has 7 heteroatoms. The number of nitrogens with one attached hydrogen (secondary N) is 1. The first-order valence-corrected chi connectivity index (χ1v) is 12.9. The van der Waals surface area contributed by atoms with Gasteiger partial charge in [-0.1, -0.05) is 37.3 Å². The second-order valence-electron chi connectivity index (χ2n) is 10.9. The number of ether oxygens (including phenoxy) is 2. The lowest BCUT2D eigenvalue weighted by Gasteiger charge is -2.39. The van der Waals surface area contributed by atoms with E-state index < -0.39 is 0 Å². The highest BCUT2D eigenvalue weighted by Gasteiger charge is 2.47. The average molecular weight is 464 g/mol. The first kappa shape index (κ1) is 22.3. The molecule has 2 aromatic rings. The molecule has 0 bridgehead atoms. The minimum absolute atomic E-state index is 0.301. The average Bonchev–Trinajstić information content (AvgIpc) is 3.60. The molecular weight excluding hydrogens is 426 g/mol. The van der Waals surface area contributed by atoms with Gasteiger partial charge in [-0.05, 0) is 43.1 Å². The van der Waals surface area contributed by atoms with Crippen LogP contribution in [0.4, 0.5) is 11.8 Å². The Hall–Kier alpha value is -2.22. The Labute approximate surface area is 202 Å².